The molecule has 4 heteroatoms. The molecule has 0 saturated heterocycles. The number of carbonyl (C=O) groups excluding carboxylic acids is 1. The minimum Gasteiger partial charge on any atom is -0.497 e. The molecule has 0 amide bonds. The summed E-state index contributed by atoms with van der Waals surface area (Å²) in [4.78, 5) is 18.4. The highest BCUT2D eigenvalue weighted by Crippen LogP contribution is 2.28. The van der Waals surface area contributed by atoms with Crippen LogP contribution in [0.4, 0.5) is 0 Å². The molecule has 0 aliphatic rings. The average Bonchev–Trinajstić information content (AvgIpc) is 2.90. The Morgan fingerprint density at radius 1 is 1.30 bits per heavy atom. The van der Waals surface area contributed by atoms with Gasteiger partial charge in [-0.3, -0.25) is 4.98 Å². The summed E-state index contributed by atoms with van der Waals surface area (Å²) in [5, 5.41) is 1.07. The number of hydrogen-bond acceptors (Lipinski definition) is 3. The van der Waals surface area contributed by atoms with E-state index in [-0.39, 0.29) is 0 Å². The predicted molar refractivity (Wildman–Crippen MR) is 77.8 cm³/mol. The minimum atomic E-state index is 0.314. The van der Waals surface area contributed by atoms with Crippen LogP contribution in [0.15, 0.2) is 42.6 Å². The molecule has 0 bridgehead atoms. The maximum Gasteiger partial charge on any atom is 0.125 e. The number of methoxy groups -OCH3 is 1. The highest BCUT2D eigenvalue weighted by atomic mass is 16.5. The van der Waals surface area contributed by atoms with Crippen molar-refractivity contribution in [1.82, 2.24) is 9.97 Å². The highest BCUT2D eigenvalue weighted by molar-refractivity contribution is 5.87. The van der Waals surface area contributed by atoms with Gasteiger partial charge in [0.2, 0.25) is 0 Å². The molecule has 0 saturated carbocycles. The summed E-state index contributed by atoms with van der Waals surface area (Å²) >= 11 is 0. The van der Waals surface area contributed by atoms with Crippen LogP contribution in [0.2, 0.25) is 0 Å². The number of nitrogens with zero attached hydrogens (tertiary/aromatic N) is 1. The summed E-state index contributed by atoms with van der Waals surface area (Å²) < 4.78 is 5.23. The van der Waals surface area contributed by atoms with E-state index in [9.17, 15) is 4.79 Å². The van der Waals surface area contributed by atoms with E-state index in [1.54, 1.807) is 13.3 Å². The molecule has 3 rings (SSSR count). The van der Waals surface area contributed by atoms with E-state index in [1.807, 2.05) is 36.4 Å². The molecule has 2 heterocycles. The second-order valence-electron chi connectivity index (χ2n) is 4.50. The SMILES string of the molecule is COc1ccc2[nH]c(-c3cccnc3CC=O)cc2c1. The Bertz CT molecular complexity index is 762. The number of rotatable bonds is 4. The van der Waals surface area contributed by atoms with Crippen molar-refractivity contribution in [2.45, 2.75) is 6.42 Å². The molecule has 2 aromatic heterocycles. The van der Waals surface area contributed by atoms with Gasteiger partial charge in [-0.05, 0) is 36.4 Å². The van der Waals surface area contributed by atoms with E-state index < -0.39 is 0 Å². The van der Waals surface area contributed by atoms with Crippen molar-refractivity contribution in [1.29, 1.82) is 0 Å². The van der Waals surface area contributed by atoms with Gasteiger partial charge in [-0.1, -0.05) is 0 Å². The normalized spacial score (nSPS) is 10.7. The standard InChI is InChI=1S/C16H14N2O2/c1-20-12-4-5-14-11(9-12)10-16(18-14)13-3-2-7-17-15(13)6-8-19/h2-5,7-10,18H,6H2,1H3. The van der Waals surface area contributed by atoms with E-state index in [1.165, 1.54) is 0 Å². The number of pyridine rings is 1. The van der Waals surface area contributed by atoms with Gasteiger partial charge in [-0.15, -0.1) is 0 Å². The lowest BCUT2D eigenvalue weighted by Crippen LogP contribution is -1.94. The van der Waals surface area contributed by atoms with Gasteiger partial charge in [-0.25, -0.2) is 0 Å². The third kappa shape index (κ3) is 2.16. The zero-order valence-electron chi connectivity index (χ0n) is 11.1. The molecule has 1 aromatic carbocycles. The second kappa shape index (κ2) is 5.17. The molecule has 1 N–H and O–H groups in total. The molecule has 3 aromatic rings. The first-order valence-electron chi connectivity index (χ1n) is 6.36. The Kier molecular flexibility index (Phi) is 3.21. The number of ether oxygens (including phenoxy) is 1. The van der Waals surface area contributed by atoms with Gasteiger partial charge in [0, 0.05) is 34.8 Å². The van der Waals surface area contributed by atoms with E-state index in [4.69, 9.17) is 4.74 Å². The molecule has 0 aliphatic heterocycles. The van der Waals surface area contributed by atoms with E-state index in [2.05, 4.69) is 9.97 Å². The Labute approximate surface area is 116 Å². The zero-order chi connectivity index (χ0) is 13.9. The molecular formula is C16H14N2O2. The fourth-order valence-corrected chi connectivity index (χ4v) is 2.31. The average molecular weight is 266 g/mol. The maximum absolute atomic E-state index is 10.7. The van der Waals surface area contributed by atoms with Crippen LogP contribution in [0, 0.1) is 0 Å². The van der Waals surface area contributed by atoms with Crippen molar-refractivity contribution in [3.63, 3.8) is 0 Å². The summed E-state index contributed by atoms with van der Waals surface area (Å²) in [5.74, 6) is 0.822. The fourth-order valence-electron chi connectivity index (χ4n) is 2.31. The van der Waals surface area contributed by atoms with Gasteiger partial charge in [-0.2, -0.15) is 0 Å². The molecule has 0 unspecified atom stereocenters. The molecule has 0 aliphatic carbocycles. The summed E-state index contributed by atoms with van der Waals surface area (Å²) in [7, 11) is 1.65. The molecule has 0 fully saturated rings. The molecular weight excluding hydrogens is 252 g/mol. The van der Waals surface area contributed by atoms with Crippen molar-refractivity contribution in [3.8, 4) is 17.0 Å². The van der Waals surface area contributed by atoms with Gasteiger partial charge in [0.15, 0.2) is 0 Å². The number of fused-ring (bicyclic) bond motifs is 1. The van der Waals surface area contributed by atoms with Crippen molar-refractivity contribution < 1.29 is 9.53 Å². The van der Waals surface area contributed by atoms with Crippen molar-refractivity contribution >= 4 is 17.2 Å². The first-order valence-corrected chi connectivity index (χ1v) is 6.36. The van der Waals surface area contributed by atoms with E-state index >= 15 is 0 Å². The largest absolute Gasteiger partial charge is 0.497 e. The third-order valence-electron chi connectivity index (χ3n) is 3.28. The number of carbonyl (C=O) groups is 1. The highest BCUT2D eigenvalue weighted by Gasteiger charge is 2.09. The number of aldehydes is 1. The van der Waals surface area contributed by atoms with Gasteiger partial charge in [0.25, 0.3) is 0 Å². The van der Waals surface area contributed by atoms with Crippen LogP contribution in [-0.4, -0.2) is 23.4 Å². The maximum atomic E-state index is 10.7. The lowest BCUT2D eigenvalue weighted by molar-refractivity contribution is -0.107. The number of H-pyrrole nitrogens is 1. The number of benzene rings is 1. The summed E-state index contributed by atoms with van der Waals surface area (Å²) in [6, 6.07) is 11.8. The number of nitrogens with one attached hydrogen (secondary N) is 1. The Hall–Kier alpha value is -2.62. The van der Waals surface area contributed by atoms with Crippen LogP contribution in [-0.2, 0) is 11.2 Å². The van der Waals surface area contributed by atoms with Crippen molar-refractivity contribution in [2.75, 3.05) is 7.11 Å². The second-order valence-corrected chi connectivity index (χ2v) is 4.50. The molecule has 20 heavy (non-hydrogen) atoms. The minimum absolute atomic E-state index is 0.314. The van der Waals surface area contributed by atoms with E-state index in [0.29, 0.717) is 6.42 Å². The first-order chi connectivity index (χ1) is 9.81. The predicted octanol–water partition coefficient (Wildman–Crippen LogP) is 2.98. The topological polar surface area (TPSA) is 55.0 Å². The molecule has 0 radical (unpaired) electrons. The zero-order valence-corrected chi connectivity index (χ0v) is 11.1. The third-order valence-corrected chi connectivity index (χ3v) is 3.28. The van der Waals surface area contributed by atoms with Crippen LogP contribution in [0.3, 0.4) is 0 Å². The quantitative estimate of drug-likeness (QED) is 0.739. The Morgan fingerprint density at radius 3 is 3.00 bits per heavy atom. The lowest BCUT2D eigenvalue weighted by Gasteiger charge is -2.03. The molecule has 100 valence electrons. The van der Waals surface area contributed by atoms with Crippen molar-refractivity contribution in [3.05, 3.63) is 48.3 Å². The smallest absolute Gasteiger partial charge is 0.125 e. The molecule has 0 atom stereocenters. The summed E-state index contributed by atoms with van der Waals surface area (Å²) in [6.07, 6.45) is 2.89. The number of hydrogen-bond donors (Lipinski definition) is 1. The molecule has 0 spiro atoms. The fraction of sp³-hybridized carbons (Fsp3) is 0.125. The number of aromatic nitrogens is 2. The van der Waals surface area contributed by atoms with Crippen LogP contribution >= 0.6 is 0 Å². The molecule has 4 nitrogen and oxygen atoms in total. The van der Waals surface area contributed by atoms with Gasteiger partial charge in [0.1, 0.15) is 12.0 Å². The van der Waals surface area contributed by atoms with Crippen LogP contribution in [0.25, 0.3) is 22.2 Å². The lowest BCUT2D eigenvalue weighted by atomic mass is 10.1. The Balaban J connectivity index is 2.12. The summed E-state index contributed by atoms with van der Waals surface area (Å²) in [5.41, 5.74) is 3.72. The number of aromatic amines is 1. The van der Waals surface area contributed by atoms with Gasteiger partial charge < -0.3 is 14.5 Å². The Morgan fingerprint density at radius 2 is 2.20 bits per heavy atom. The summed E-state index contributed by atoms with van der Waals surface area (Å²) in [6.45, 7) is 0. The van der Waals surface area contributed by atoms with Crippen LogP contribution < -0.4 is 4.74 Å². The van der Waals surface area contributed by atoms with E-state index in [0.717, 1.165) is 39.9 Å². The van der Waals surface area contributed by atoms with Crippen LogP contribution in [0.5, 0.6) is 5.75 Å². The first kappa shape index (κ1) is 12.4. The van der Waals surface area contributed by atoms with Crippen LogP contribution in [0.1, 0.15) is 5.69 Å². The monoisotopic (exact) mass is 266 g/mol. The van der Waals surface area contributed by atoms with Gasteiger partial charge in [0.05, 0.1) is 12.8 Å². The van der Waals surface area contributed by atoms with Crippen molar-refractivity contribution in [2.24, 2.45) is 0 Å². The van der Waals surface area contributed by atoms with Gasteiger partial charge >= 0.3 is 0 Å².